The molecule has 6 heteroatoms. The Morgan fingerprint density at radius 2 is 2.11 bits per heavy atom. The number of nitrogens with one attached hydrogen (secondary N) is 1. The zero-order valence-corrected chi connectivity index (χ0v) is 11.2. The molecule has 6 nitrogen and oxygen atoms in total. The molecular weight excluding hydrogens is 230 g/mol. The van der Waals surface area contributed by atoms with Crippen LogP contribution < -0.4 is 16.0 Å². The highest BCUT2D eigenvalue weighted by atomic mass is 16.2. The van der Waals surface area contributed by atoms with E-state index in [2.05, 4.69) is 29.1 Å². The molecule has 0 aliphatic heterocycles. The van der Waals surface area contributed by atoms with E-state index in [9.17, 15) is 4.79 Å². The van der Waals surface area contributed by atoms with Crippen molar-refractivity contribution in [1.82, 2.24) is 15.3 Å². The quantitative estimate of drug-likeness (QED) is 0.751. The summed E-state index contributed by atoms with van der Waals surface area (Å²) in [4.78, 5) is 21.8. The summed E-state index contributed by atoms with van der Waals surface area (Å²) in [6.45, 7) is 5.34. The van der Waals surface area contributed by atoms with Gasteiger partial charge in [0.2, 0.25) is 5.91 Å². The number of aromatic nitrogens is 2. The summed E-state index contributed by atoms with van der Waals surface area (Å²) >= 11 is 0. The number of amides is 1. The zero-order chi connectivity index (χ0) is 13.5. The molecule has 1 aromatic rings. The summed E-state index contributed by atoms with van der Waals surface area (Å²) in [5.41, 5.74) is 6.28. The Labute approximate surface area is 108 Å². The van der Waals surface area contributed by atoms with Crippen molar-refractivity contribution in [3.8, 4) is 0 Å². The lowest BCUT2D eigenvalue weighted by atomic mass is 10.2. The number of anilines is 1. The lowest BCUT2D eigenvalue weighted by Crippen LogP contribution is -2.37. The summed E-state index contributed by atoms with van der Waals surface area (Å²) in [5.74, 6) is 1.06. The van der Waals surface area contributed by atoms with Gasteiger partial charge in [-0.3, -0.25) is 9.78 Å². The Balaban J connectivity index is 2.59. The highest BCUT2D eigenvalue weighted by Gasteiger charge is 2.12. The van der Waals surface area contributed by atoms with Crippen molar-refractivity contribution in [1.29, 1.82) is 0 Å². The topological polar surface area (TPSA) is 84.1 Å². The summed E-state index contributed by atoms with van der Waals surface area (Å²) in [5, 5.41) is 2.86. The summed E-state index contributed by atoms with van der Waals surface area (Å²) in [6.07, 6.45) is 3.19. The first-order valence-electron chi connectivity index (χ1n) is 6.02. The van der Waals surface area contributed by atoms with Crippen molar-refractivity contribution in [2.75, 3.05) is 25.0 Å². The van der Waals surface area contributed by atoms with Crippen LogP contribution in [0.1, 0.15) is 19.5 Å². The van der Waals surface area contributed by atoms with E-state index < -0.39 is 0 Å². The van der Waals surface area contributed by atoms with Crippen molar-refractivity contribution in [2.24, 2.45) is 11.7 Å². The number of rotatable bonds is 6. The first kappa shape index (κ1) is 14.4. The fourth-order valence-electron chi connectivity index (χ4n) is 1.49. The van der Waals surface area contributed by atoms with Crippen LogP contribution >= 0.6 is 0 Å². The third-order valence-corrected chi connectivity index (χ3v) is 2.40. The first-order valence-corrected chi connectivity index (χ1v) is 6.02. The van der Waals surface area contributed by atoms with Gasteiger partial charge >= 0.3 is 0 Å². The zero-order valence-electron chi connectivity index (χ0n) is 11.2. The molecule has 0 saturated heterocycles. The number of hydrogen-bond donors (Lipinski definition) is 2. The van der Waals surface area contributed by atoms with Crippen molar-refractivity contribution in [3.63, 3.8) is 0 Å². The van der Waals surface area contributed by atoms with E-state index in [4.69, 9.17) is 5.73 Å². The Bertz CT molecular complexity index is 394. The molecule has 0 aliphatic carbocycles. The lowest BCUT2D eigenvalue weighted by molar-refractivity contribution is -0.119. The Hall–Kier alpha value is -1.69. The second kappa shape index (κ2) is 6.90. The minimum Gasteiger partial charge on any atom is -0.354 e. The molecule has 0 atom stereocenters. The molecule has 18 heavy (non-hydrogen) atoms. The van der Waals surface area contributed by atoms with E-state index in [1.807, 2.05) is 0 Å². The molecule has 1 amide bonds. The standard InChI is InChI=1S/C12H21N5O/c1-9(2)7-16-11(18)8-17(3)12-10(6-13)14-4-5-15-12/h4-5,9H,6-8,13H2,1-3H3,(H,16,18). The predicted octanol–water partition coefficient (Wildman–Crippen LogP) is 0.144. The van der Waals surface area contributed by atoms with E-state index in [-0.39, 0.29) is 12.5 Å². The van der Waals surface area contributed by atoms with Gasteiger partial charge in [-0.15, -0.1) is 0 Å². The van der Waals surface area contributed by atoms with Gasteiger partial charge in [0.25, 0.3) is 0 Å². The highest BCUT2D eigenvalue weighted by molar-refractivity contribution is 5.81. The summed E-state index contributed by atoms with van der Waals surface area (Å²) in [6, 6.07) is 0. The van der Waals surface area contributed by atoms with Gasteiger partial charge in [-0.1, -0.05) is 13.8 Å². The van der Waals surface area contributed by atoms with Crippen LogP contribution in [0.3, 0.4) is 0 Å². The van der Waals surface area contributed by atoms with Crippen LogP contribution in [0.2, 0.25) is 0 Å². The van der Waals surface area contributed by atoms with E-state index in [0.717, 1.165) is 0 Å². The third kappa shape index (κ3) is 4.29. The normalized spacial score (nSPS) is 10.5. The van der Waals surface area contributed by atoms with Crippen molar-refractivity contribution < 1.29 is 4.79 Å². The van der Waals surface area contributed by atoms with Crippen LogP contribution in [0.25, 0.3) is 0 Å². The summed E-state index contributed by atoms with van der Waals surface area (Å²) in [7, 11) is 1.80. The first-order chi connectivity index (χ1) is 8.54. The maximum Gasteiger partial charge on any atom is 0.239 e. The highest BCUT2D eigenvalue weighted by Crippen LogP contribution is 2.11. The van der Waals surface area contributed by atoms with Gasteiger partial charge in [0.15, 0.2) is 5.82 Å². The minimum absolute atomic E-state index is 0.0279. The Kier molecular flexibility index (Phi) is 5.51. The Morgan fingerprint density at radius 1 is 1.44 bits per heavy atom. The maximum absolute atomic E-state index is 11.7. The fourth-order valence-corrected chi connectivity index (χ4v) is 1.49. The molecule has 1 aromatic heterocycles. The van der Waals surface area contributed by atoms with E-state index >= 15 is 0 Å². The van der Waals surface area contributed by atoms with Crippen LogP contribution in [0.5, 0.6) is 0 Å². The van der Waals surface area contributed by atoms with E-state index in [1.165, 1.54) is 0 Å². The molecule has 0 fully saturated rings. The number of carbonyl (C=O) groups is 1. The van der Waals surface area contributed by atoms with Gasteiger partial charge < -0.3 is 16.0 Å². The second-order valence-corrected chi connectivity index (χ2v) is 4.58. The van der Waals surface area contributed by atoms with Crippen molar-refractivity contribution >= 4 is 11.7 Å². The molecule has 0 aliphatic rings. The van der Waals surface area contributed by atoms with Gasteiger partial charge in [0.1, 0.15) is 0 Å². The van der Waals surface area contributed by atoms with Crippen LogP contribution in [0.4, 0.5) is 5.82 Å². The van der Waals surface area contributed by atoms with Gasteiger partial charge in [-0.2, -0.15) is 0 Å². The molecule has 0 saturated carbocycles. The molecule has 0 spiro atoms. The molecule has 0 radical (unpaired) electrons. The average molecular weight is 251 g/mol. The van der Waals surface area contributed by atoms with Gasteiger partial charge in [-0.05, 0) is 5.92 Å². The number of hydrogen-bond acceptors (Lipinski definition) is 5. The molecule has 0 bridgehead atoms. The van der Waals surface area contributed by atoms with Crippen molar-refractivity contribution in [2.45, 2.75) is 20.4 Å². The van der Waals surface area contributed by atoms with E-state index in [1.54, 1.807) is 24.3 Å². The molecule has 100 valence electrons. The minimum atomic E-state index is -0.0279. The smallest absolute Gasteiger partial charge is 0.239 e. The third-order valence-electron chi connectivity index (χ3n) is 2.40. The lowest BCUT2D eigenvalue weighted by Gasteiger charge is -2.19. The molecule has 0 unspecified atom stereocenters. The number of carbonyl (C=O) groups excluding carboxylic acids is 1. The molecular formula is C12H21N5O. The monoisotopic (exact) mass is 251 g/mol. The average Bonchev–Trinajstić information content (AvgIpc) is 2.36. The number of likely N-dealkylation sites (N-methyl/N-ethyl adjacent to an activating group) is 1. The van der Waals surface area contributed by atoms with E-state index in [0.29, 0.717) is 30.5 Å². The van der Waals surface area contributed by atoms with Gasteiger partial charge in [0.05, 0.1) is 12.2 Å². The van der Waals surface area contributed by atoms with Crippen LogP contribution in [0.15, 0.2) is 12.4 Å². The molecule has 1 rings (SSSR count). The fraction of sp³-hybridized carbons (Fsp3) is 0.583. The second-order valence-electron chi connectivity index (χ2n) is 4.58. The summed E-state index contributed by atoms with van der Waals surface area (Å²) < 4.78 is 0. The Morgan fingerprint density at radius 3 is 2.72 bits per heavy atom. The maximum atomic E-state index is 11.7. The number of nitrogens with two attached hydrogens (primary N) is 1. The largest absolute Gasteiger partial charge is 0.354 e. The molecule has 0 aromatic carbocycles. The SMILES string of the molecule is CC(C)CNC(=O)CN(C)c1nccnc1CN. The van der Waals surface area contributed by atoms with Crippen LogP contribution in [-0.2, 0) is 11.3 Å². The van der Waals surface area contributed by atoms with Gasteiger partial charge in [0, 0.05) is 32.5 Å². The van der Waals surface area contributed by atoms with Crippen molar-refractivity contribution in [3.05, 3.63) is 18.1 Å². The molecule has 3 N–H and O–H groups in total. The predicted molar refractivity (Wildman–Crippen MR) is 71.0 cm³/mol. The molecule has 1 heterocycles. The number of nitrogens with zero attached hydrogens (tertiary/aromatic N) is 3. The van der Waals surface area contributed by atoms with Gasteiger partial charge in [-0.25, -0.2) is 4.98 Å². The van der Waals surface area contributed by atoms with Crippen LogP contribution in [-0.4, -0.2) is 36.0 Å². The van der Waals surface area contributed by atoms with Crippen LogP contribution in [0, 0.1) is 5.92 Å².